The minimum Gasteiger partial charge on any atom is -0.289 e. The molecule has 0 N–H and O–H groups in total. The quantitative estimate of drug-likeness (QED) is 0.507. The Kier molecular flexibility index (Phi) is 2.90. The Morgan fingerprint density at radius 2 is 2.15 bits per heavy atom. The average molecular weight is 182 g/mol. The van der Waals surface area contributed by atoms with E-state index < -0.39 is 17.4 Å². The molecule has 0 unspecified atom stereocenters. The first-order valence-electron chi connectivity index (χ1n) is 3.73. The molecular weight excluding hydrogens is 174 g/mol. The number of halogens is 2. The Labute approximate surface area is 74.7 Å². The molecule has 3 heteroatoms. The van der Waals surface area contributed by atoms with Gasteiger partial charge in [-0.1, -0.05) is 12.1 Å². The Bertz CT molecular complexity index is 352. The second kappa shape index (κ2) is 3.94. The first-order valence-corrected chi connectivity index (χ1v) is 3.73. The van der Waals surface area contributed by atoms with E-state index in [0.717, 1.165) is 19.1 Å². The molecule has 1 aromatic carbocycles. The van der Waals surface area contributed by atoms with Gasteiger partial charge in [0.1, 0.15) is 11.6 Å². The summed E-state index contributed by atoms with van der Waals surface area (Å²) in [6.45, 7) is 1.16. The SMILES string of the molecule is C/C(F)=C/C(=O)c1cccc(F)c1. The lowest BCUT2D eigenvalue weighted by Crippen LogP contribution is -1.95. The van der Waals surface area contributed by atoms with Crippen LogP contribution in [0.4, 0.5) is 8.78 Å². The van der Waals surface area contributed by atoms with Gasteiger partial charge in [0, 0.05) is 11.6 Å². The second-order valence-electron chi connectivity index (χ2n) is 2.61. The van der Waals surface area contributed by atoms with Crippen LogP contribution in [0, 0.1) is 5.82 Å². The fraction of sp³-hybridized carbons (Fsp3) is 0.100. The van der Waals surface area contributed by atoms with Crippen LogP contribution in [0.1, 0.15) is 17.3 Å². The average Bonchev–Trinajstić information content (AvgIpc) is 2.03. The second-order valence-corrected chi connectivity index (χ2v) is 2.61. The lowest BCUT2D eigenvalue weighted by molar-refractivity contribution is 0.104. The number of allylic oxidation sites excluding steroid dienone is 2. The van der Waals surface area contributed by atoms with E-state index in [1.54, 1.807) is 0 Å². The highest BCUT2D eigenvalue weighted by Crippen LogP contribution is 2.06. The largest absolute Gasteiger partial charge is 0.289 e. The third kappa shape index (κ3) is 2.78. The van der Waals surface area contributed by atoms with Gasteiger partial charge in [-0.05, 0) is 19.1 Å². The fourth-order valence-electron chi connectivity index (χ4n) is 0.906. The van der Waals surface area contributed by atoms with Crippen molar-refractivity contribution in [2.24, 2.45) is 0 Å². The molecule has 68 valence electrons. The van der Waals surface area contributed by atoms with Gasteiger partial charge in [0.2, 0.25) is 0 Å². The van der Waals surface area contributed by atoms with Crippen molar-refractivity contribution in [3.05, 3.63) is 47.5 Å². The Morgan fingerprint density at radius 1 is 1.46 bits per heavy atom. The molecule has 0 aliphatic heterocycles. The van der Waals surface area contributed by atoms with Crippen molar-refractivity contribution in [1.29, 1.82) is 0 Å². The zero-order valence-corrected chi connectivity index (χ0v) is 7.05. The van der Waals surface area contributed by atoms with Gasteiger partial charge >= 0.3 is 0 Å². The van der Waals surface area contributed by atoms with Crippen molar-refractivity contribution in [2.45, 2.75) is 6.92 Å². The van der Waals surface area contributed by atoms with Gasteiger partial charge in [-0.2, -0.15) is 0 Å². The predicted octanol–water partition coefficient (Wildman–Crippen LogP) is 2.88. The van der Waals surface area contributed by atoms with Gasteiger partial charge in [-0.3, -0.25) is 4.79 Å². The summed E-state index contributed by atoms with van der Waals surface area (Å²) in [5.41, 5.74) is 0.150. The summed E-state index contributed by atoms with van der Waals surface area (Å²) in [5, 5.41) is 0. The molecular formula is C10H8F2O. The van der Waals surface area contributed by atoms with Crippen LogP contribution in [0.15, 0.2) is 36.2 Å². The third-order valence-electron chi connectivity index (χ3n) is 1.44. The van der Waals surface area contributed by atoms with E-state index >= 15 is 0 Å². The number of carbonyl (C=O) groups excluding carboxylic acids is 1. The number of hydrogen-bond donors (Lipinski definition) is 0. The Morgan fingerprint density at radius 3 is 2.69 bits per heavy atom. The monoisotopic (exact) mass is 182 g/mol. The van der Waals surface area contributed by atoms with E-state index in [4.69, 9.17) is 0 Å². The van der Waals surface area contributed by atoms with Crippen molar-refractivity contribution in [2.75, 3.05) is 0 Å². The van der Waals surface area contributed by atoms with Crippen LogP contribution in [0.2, 0.25) is 0 Å². The molecule has 1 rings (SSSR count). The minimum atomic E-state index is -0.589. The van der Waals surface area contributed by atoms with Crippen LogP contribution < -0.4 is 0 Å². The molecule has 0 radical (unpaired) electrons. The highest BCUT2D eigenvalue weighted by atomic mass is 19.1. The molecule has 13 heavy (non-hydrogen) atoms. The molecule has 0 aromatic heterocycles. The molecule has 0 saturated heterocycles. The summed E-state index contributed by atoms with van der Waals surface area (Å²) < 4.78 is 24.9. The summed E-state index contributed by atoms with van der Waals surface area (Å²) in [6.07, 6.45) is 0.828. The van der Waals surface area contributed by atoms with Crippen molar-refractivity contribution < 1.29 is 13.6 Å². The van der Waals surface area contributed by atoms with E-state index in [9.17, 15) is 13.6 Å². The molecule has 0 bridgehead atoms. The number of hydrogen-bond acceptors (Lipinski definition) is 1. The van der Waals surface area contributed by atoms with Crippen LogP contribution >= 0.6 is 0 Å². The van der Waals surface area contributed by atoms with Crippen LogP contribution in [0.5, 0.6) is 0 Å². The van der Waals surface area contributed by atoms with Gasteiger partial charge < -0.3 is 0 Å². The third-order valence-corrected chi connectivity index (χ3v) is 1.44. The minimum absolute atomic E-state index is 0.150. The summed E-state index contributed by atoms with van der Waals surface area (Å²) in [6, 6.07) is 5.14. The van der Waals surface area contributed by atoms with Crippen LogP contribution in [0.25, 0.3) is 0 Å². The normalized spacial score (nSPS) is 11.5. The van der Waals surface area contributed by atoms with E-state index in [1.807, 2.05) is 0 Å². The standard InChI is InChI=1S/C10H8F2O/c1-7(11)5-10(13)8-3-2-4-9(12)6-8/h2-6H,1H3/b7-5-. The number of ketones is 1. The van der Waals surface area contributed by atoms with E-state index in [2.05, 4.69) is 0 Å². The molecule has 0 amide bonds. The maximum atomic E-state index is 12.6. The fourth-order valence-corrected chi connectivity index (χ4v) is 0.906. The Balaban J connectivity index is 2.96. The lowest BCUT2D eigenvalue weighted by atomic mass is 10.1. The molecule has 0 saturated carbocycles. The highest BCUT2D eigenvalue weighted by molar-refractivity contribution is 6.04. The van der Waals surface area contributed by atoms with Gasteiger partial charge in [0.25, 0.3) is 0 Å². The van der Waals surface area contributed by atoms with Gasteiger partial charge in [-0.15, -0.1) is 0 Å². The van der Waals surface area contributed by atoms with E-state index in [1.165, 1.54) is 18.2 Å². The highest BCUT2D eigenvalue weighted by Gasteiger charge is 2.03. The van der Waals surface area contributed by atoms with Crippen LogP contribution in [-0.4, -0.2) is 5.78 Å². The number of rotatable bonds is 2. The molecule has 0 atom stereocenters. The molecule has 0 aliphatic rings. The van der Waals surface area contributed by atoms with Crippen LogP contribution in [-0.2, 0) is 0 Å². The molecule has 0 fully saturated rings. The van der Waals surface area contributed by atoms with Gasteiger partial charge in [-0.25, -0.2) is 8.78 Å². The predicted molar refractivity (Wildman–Crippen MR) is 45.6 cm³/mol. The Hall–Kier alpha value is -1.51. The van der Waals surface area contributed by atoms with E-state index in [0.29, 0.717) is 0 Å². The van der Waals surface area contributed by atoms with E-state index in [-0.39, 0.29) is 5.56 Å². The summed E-state index contributed by atoms with van der Waals surface area (Å²) >= 11 is 0. The smallest absolute Gasteiger partial charge is 0.188 e. The molecule has 1 aromatic rings. The lowest BCUT2D eigenvalue weighted by Gasteiger charge is -1.94. The molecule has 1 nitrogen and oxygen atoms in total. The maximum Gasteiger partial charge on any atom is 0.188 e. The zero-order valence-electron chi connectivity index (χ0n) is 7.05. The zero-order chi connectivity index (χ0) is 9.84. The number of carbonyl (C=O) groups is 1. The maximum absolute atomic E-state index is 12.6. The van der Waals surface area contributed by atoms with Crippen molar-refractivity contribution >= 4 is 5.78 Å². The first-order chi connectivity index (χ1) is 6.09. The topological polar surface area (TPSA) is 17.1 Å². The molecule has 0 heterocycles. The summed E-state index contributed by atoms with van der Waals surface area (Å²) in [7, 11) is 0. The first kappa shape index (κ1) is 9.58. The van der Waals surface area contributed by atoms with Crippen molar-refractivity contribution in [3.63, 3.8) is 0 Å². The van der Waals surface area contributed by atoms with Crippen LogP contribution in [0.3, 0.4) is 0 Å². The van der Waals surface area contributed by atoms with Crippen molar-refractivity contribution in [3.8, 4) is 0 Å². The number of benzene rings is 1. The molecule has 0 spiro atoms. The van der Waals surface area contributed by atoms with Gasteiger partial charge in [0.15, 0.2) is 5.78 Å². The van der Waals surface area contributed by atoms with Crippen molar-refractivity contribution in [1.82, 2.24) is 0 Å². The summed E-state index contributed by atoms with van der Waals surface area (Å²) in [4.78, 5) is 11.1. The molecule has 0 aliphatic carbocycles. The van der Waals surface area contributed by atoms with Gasteiger partial charge in [0.05, 0.1) is 0 Å². The summed E-state index contributed by atoms with van der Waals surface area (Å²) in [5.74, 6) is -1.62.